The maximum Gasteiger partial charge on any atom is 0.173 e. The number of aryl methyl sites for hydroxylation is 1. The molecule has 2 heterocycles. The average molecular weight is 284 g/mol. The molecule has 0 aliphatic rings. The summed E-state index contributed by atoms with van der Waals surface area (Å²) in [6, 6.07) is 6.16. The maximum atomic E-state index is 4.69. The molecule has 102 valence electrons. The summed E-state index contributed by atoms with van der Waals surface area (Å²) in [7, 11) is 0. The number of aromatic nitrogens is 3. The van der Waals surface area contributed by atoms with Crippen LogP contribution in [0.1, 0.15) is 18.9 Å². The van der Waals surface area contributed by atoms with E-state index >= 15 is 0 Å². The normalized spacial score (nSPS) is 10.9. The molecule has 0 atom stereocenters. The summed E-state index contributed by atoms with van der Waals surface area (Å²) in [6.07, 6.45) is 2.87. The standard InChI is InChI=1S/C15H16N4S/c1-3-7-17-15-13-10(2)5-4-6-11(13)18-14(19-15)12-8-16-9-20-12/h4-6,8-9H,3,7H2,1-2H3,(H,17,18,19). The Kier molecular flexibility index (Phi) is 3.60. The molecule has 0 spiro atoms. The van der Waals surface area contributed by atoms with Crippen molar-refractivity contribution in [3.8, 4) is 10.7 Å². The molecule has 0 aliphatic heterocycles. The first-order chi connectivity index (χ1) is 9.79. The van der Waals surface area contributed by atoms with Crippen molar-refractivity contribution in [3.63, 3.8) is 0 Å². The molecule has 0 amide bonds. The van der Waals surface area contributed by atoms with E-state index in [-0.39, 0.29) is 0 Å². The molecule has 0 unspecified atom stereocenters. The first-order valence-electron chi connectivity index (χ1n) is 6.69. The highest BCUT2D eigenvalue weighted by Gasteiger charge is 2.11. The molecule has 0 saturated carbocycles. The van der Waals surface area contributed by atoms with Crippen LogP contribution < -0.4 is 5.32 Å². The van der Waals surface area contributed by atoms with Crippen LogP contribution in [0.3, 0.4) is 0 Å². The first kappa shape index (κ1) is 13.0. The lowest BCUT2D eigenvalue weighted by Gasteiger charge is -2.11. The second-order valence-corrected chi connectivity index (χ2v) is 5.54. The third-order valence-corrected chi connectivity index (χ3v) is 3.90. The molecule has 1 N–H and O–H groups in total. The van der Waals surface area contributed by atoms with Crippen LogP contribution in [0.25, 0.3) is 21.6 Å². The molecule has 2 aromatic heterocycles. The maximum absolute atomic E-state index is 4.69. The number of rotatable bonds is 4. The van der Waals surface area contributed by atoms with Crippen molar-refractivity contribution < 1.29 is 0 Å². The van der Waals surface area contributed by atoms with E-state index in [0.717, 1.165) is 40.4 Å². The molecule has 4 nitrogen and oxygen atoms in total. The van der Waals surface area contributed by atoms with E-state index in [9.17, 15) is 0 Å². The second kappa shape index (κ2) is 5.54. The van der Waals surface area contributed by atoms with Crippen LogP contribution in [0.2, 0.25) is 0 Å². The number of nitrogens with zero attached hydrogens (tertiary/aromatic N) is 3. The third-order valence-electron chi connectivity index (χ3n) is 3.13. The minimum absolute atomic E-state index is 0.740. The van der Waals surface area contributed by atoms with E-state index in [1.807, 2.05) is 18.3 Å². The predicted octanol–water partition coefficient (Wildman–Crippen LogP) is 3.88. The highest BCUT2D eigenvalue weighted by Crippen LogP contribution is 2.28. The van der Waals surface area contributed by atoms with Gasteiger partial charge in [0.15, 0.2) is 5.82 Å². The fourth-order valence-electron chi connectivity index (χ4n) is 2.16. The van der Waals surface area contributed by atoms with Crippen LogP contribution >= 0.6 is 11.3 Å². The van der Waals surface area contributed by atoms with E-state index < -0.39 is 0 Å². The Hall–Kier alpha value is -2.01. The molecule has 0 aliphatic carbocycles. The number of anilines is 1. The Morgan fingerprint density at radius 2 is 2.15 bits per heavy atom. The monoisotopic (exact) mass is 284 g/mol. The molecule has 5 heteroatoms. The van der Waals surface area contributed by atoms with Gasteiger partial charge in [-0.25, -0.2) is 9.97 Å². The van der Waals surface area contributed by atoms with Gasteiger partial charge in [-0.2, -0.15) is 0 Å². The Morgan fingerprint density at radius 3 is 2.90 bits per heavy atom. The van der Waals surface area contributed by atoms with Crippen LogP contribution in [0.4, 0.5) is 5.82 Å². The van der Waals surface area contributed by atoms with Gasteiger partial charge in [0.05, 0.1) is 15.9 Å². The molecule has 3 aromatic rings. The van der Waals surface area contributed by atoms with Crippen molar-refractivity contribution in [3.05, 3.63) is 35.5 Å². The Bertz CT molecular complexity index is 722. The van der Waals surface area contributed by atoms with Crippen LogP contribution in [-0.4, -0.2) is 21.5 Å². The van der Waals surface area contributed by atoms with Gasteiger partial charge in [0.25, 0.3) is 0 Å². The zero-order valence-corrected chi connectivity index (χ0v) is 12.4. The van der Waals surface area contributed by atoms with E-state index in [1.165, 1.54) is 5.56 Å². The van der Waals surface area contributed by atoms with Crippen LogP contribution in [0.15, 0.2) is 29.9 Å². The summed E-state index contributed by atoms with van der Waals surface area (Å²) >= 11 is 1.56. The quantitative estimate of drug-likeness (QED) is 0.790. The van der Waals surface area contributed by atoms with Crippen LogP contribution in [0, 0.1) is 6.92 Å². The van der Waals surface area contributed by atoms with Gasteiger partial charge < -0.3 is 5.32 Å². The highest BCUT2D eigenvalue weighted by molar-refractivity contribution is 7.13. The summed E-state index contributed by atoms with van der Waals surface area (Å²) in [5, 5.41) is 4.52. The second-order valence-electron chi connectivity index (χ2n) is 4.66. The molecule has 0 bridgehead atoms. The molecular formula is C15H16N4S. The fourth-order valence-corrected chi connectivity index (χ4v) is 2.72. The Labute approximate surface area is 121 Å². The van der Waals surface area contributed by atoms with Gasteiger partial charge >= 0.3 is 0 Å². The Morgan fingerprint density at radius 1 is 1.25 bits per heavy atom. The molecule has 3 rings (SSSR count). The van der Waals surface area contributed by atoms with Gasteiger partial charge in [-0.1, -0.05) is 19.1 Å². The average Bonchev–Trinajstić information content (AvgIpc) is 2.98. The molecule has 1 aromatic carbocycles. The predicted molar refractivity (Wildman–Crippen MR) is 84.2 cm³/mol. The van der Waals surface area contributed by atoms with E-state index in [1.54, 1.807) is 16.8 Å². The van der Waals surface area contributed by atoms with Crippen molar-refractivity contribution in [1.82, 2.24) is 15.0 Å². The van der Waals surface area contributed by atoms with Gasteiger partial charge in [0, 0.05) is 18.1 Å². The summed E-state index contributed by atoms with van der Waals surface area (Å²) in [5.41, 5.74) is 3.97. The summed E-state index contributed by atoms with van der Waals surface area (Å²) in [4.78, 5) is 14.5. The molecule has 0 fully saturated rings. The third kappa shape index (κ3) is 2.36. The number of thiazole rings is 1. The van der Waals surface area contributed by atoms with E-state index in [0.29, 0.717) is 0 Å². The zero-order chi connectivity index (χ0) is 13.9. The number of hydrogen-bond acceptors (Lipinski definition) is 5. The lowest BCUT2D eigenvalue weighted by molar-refractivity contribution is 0.970. The van der Waals surface area contributed by atoms with Crippen molar-refractivity contribution in [2.75, 3.05) is 11.9 Å². The van der Waals surface area contributed by atoms with Gasteiger partial charge in [-0.3, -0.25) is 4.98 Å². The largest absolute Gasteiger partial charge is 0.369 e. The van der Waals surface area contributed by atoms with Crippen LogP contribution in [0.5, 0.6) is 0 Å². The fraction of sp³-hybridized carbons (Fsp3) is 0.267. The number of fused-ring (bicyclic) bond motifs is 1. The molecule has 0 radical (unpaired) electrons. The van der Waals surface area contributed by atoms with Gasteiger partial charge in [0.2, 0.25) is 0 Å². The molecule has 20 heavy (non-hydrogen) atoms. The van der Waals surface area contributed by atoms with Crippen LogP contribution in [-0.2, 0) is 0 Å². The SMILES string of the molecule is CCCNc1nc(-c2cncs2)nc2cccc(C)c12. The lowest BCUT2D eigenvalue weighted by Crippen LogP contribution is -2.05. The van der Waals surface area contributed by atoms with Crippen molar-refractivity contribution in [2.45, 2.75) is 20.3 Å². The molecular weight excluding hydrogens is 268 g/mol. The van der Waals surface area contributed by atoms with Gasteiger partial charge in [-0.05, 0) is 25.0 Å². The summed E-state index contributed by atoms with van der Waals surface area (Å²) < 4.78 is 0. The first-order valence-corrected chi connectivity index (χ1v) is 7.57. The Balaban J connectivity index is 2.20. The number of benzene rings is 1. The molecule has 0 saturated heterocycles. The summed E-state index contributed by atoms with van der Waals surface area (Å²) in [6.45, 7) is 5.14. The van der Waals surface area contributed by atoms with E-state index in [4.69, 9.17) is 0 Å². The van der Waals surface area contributed by atoms with Crippen molar-refractivity contribution >= 4 is 28.1 Å². The zero-order valence-electron chi connectivity index (χ0n) is 11.6. The highest BCUT2D eigenvalue weighted by atomic mass is 32.1. The van der Waals surface area contributed by atoms with Crippen molar-refractivity contribution in [1.29, 1.82) is 0 Å². The van der Waals surface area contributed by atoms with Crippen molar-refractivity contribution in [2.24, 2.45) is 0 Å². The number of hydrogen-bond donors (Lipinski definition) is 1. The van der Waals surface area contributed by atoms with Gasteiger partial charge in [0.1, 0.15) is 5.82 Å². The topological polar surface area (TPSA) is 50.7 Å². The van der Waals surface area contributed by atoms with E-state index in [2.05, 4.69) is 40.2 Å². The minimum atomic E-state index is 0.740. The lowest BCUT2D eigenvalue weighted by atomic mass is 10.1. The van der Waals surface area contributed by atoms with Gasteiger partial charge in [-0.15, -0.1) is 11.3 Å². The summed E-state index contributed by atoms with van der Waals surface area (Å²) in [5.74, 6) is 1.66. The smallest absolute Gasteiger partial charge is 0.173 e. The minimum Gasteiger partial charge on any atom is -0.369 e. The number of nitrogens with one attached hydrogen (secondary N) is 1.